The first kappa shape index (κ1) is 11.1. The van der Waals surface area contributed by atoms with E-state index in [0.29, 0.717) is 30.0 Å². The molecular formula is C12H12ClNO2. The van der Waals surface area contributed by atoms with Gasteiger partial charge in [-0.3, -0.25) is 14.5 Å². The largest absolute Gasteiger partial charge is 0.274 e. The van der Waals surface area contributed by atoms with E-state index in [4.69, 9.17) is 11.6 Å². The summed E-state index contributed by atoms with van der Waals surface area (Å²) in [6.45, 7) is 1.84. The lowest BCUT2D eigenvalue weighted by Crippen LogP contribution is -2.40. The highest BCUT2D eigenvalue weighted by molar-refractivity contribution is 6.30. The second-order valence-corrected chi connectivity index (χ2v) is 4.34. The highest BCUT2D eigenvalue weighted by atomic mass is 35.5. The minimum absolute atomic E-state index is 0.123. The number of piperidine rings is 1. The molecule has 1 saturated heterocycles. The Hall–Kier alpha value is -1.35. The Morgan fingerprint density at radius 2 is 1.81 bits per heavy atom. The van der Waals surface area contributed by atoms with Crippen LogP contribution in [0.3, 0.4) is 0 Å². The fourth-order valence-corrected chi connectivity index (χ4v) is 2.12. The third kappa shape index (κ3) is 1.95. The Morgan fingerprint density at radius 3 is 2.38 bits per heavy atom. The molecule has 16 heavy (non-hydrogen) atoms. The molecule has 0 radical (unpaired) electrons. The summed E-state index contributed by atoms with van der Waals surface area (Å²) in [6.07, 6.45) is 1.53. The number of anilines is 1. The SMILES string of the molecule is Cc1cc(Cl)ccc1N1C(=O)CCCC1=O. The van der Waals surface area contributed by atoms with Gasteiger partial charge in [0.2, 0.25) is 11.8 Å². The van der Waals surface area contributed by atoms with Crippen molar-refractivity contribution in [2.45, 2.75) is 26.2 Å². The van der Waals surface area contributed by atoms with Gasteiger partial charge in [0, 0.05) is 17.9 Å². The van der Waals surface area contributed by atoms with Gasteiger partial charge in [0.1, 0.15) is 0 Å². The van der Waals surface area contributed by atoms with E-state index in [1.807, 2.05) is 6.92 Å². The van der Waals surface area contributed by atoms with Crippen LogP contribution in [0.5, 0.6) is 0 Å². The molecule has 84 valence electrons. The molecule has 1 aliphatic heterocycles. The molecule has 1 aromatic rings. The summed E-state index contributed by atoms with van der Waals surface area (Å²) in [7, 11) is 0. The van der Waals surface area contributed by atoms with Crippen LogP contribution in [0.15, 0.2) is 18.2 Å². The summed E-state index contributed by atoms with van der Waals surface area (Å²) in [5.74, 6) is -0.247. The first-order valence-electron chi connectivity index (χ1n) is 5.21. The van der Waals surface area contributed by atoms with Crippen molar-refractivity contribution >= 4 is 29.1 Å². The average molecular weight is 238 g/mol. The van der Waals surface area contributed by atoms with Gasteiger partial charge in [-0.2, -0.15) is 0 Å². The zero-order valence-corrected chi connectivity index (χ0v) is 9.75. The van der Waals surface area contributed by atoms with Gasteiger partial charge in [0.25, 0.3) is 0 Å². The number of rotatable bonds is 1. The Morgan fingerprint density at radius 1 is 1.19 bits per heavy atom. The van der Waals surface area contributed by atoms with E-state index < -0.39 is 0 Å². The summed E-state index contributed by atoms with van der Waals surface area (Å²) in [4.78, 5) is 24.7. The second-order valence-electron chi connectivity index (χ2n) is 3.91. The first-order valence-corrected chi connectivity index (χ1v) is 5.59. The third-order valence-corrected chi connectivity index (χ3v) is 2.91. The quantitative estimate of drug-likeness (QED) is 0.705. The second kappa shape index (κ2) is 4.26. The van der Waals surface area contributed by atoms with Crippen LogP contribution in [0.25, 0.3) is 0 Å². The molecule has 0 bridgehead atoms. The molecule has 1 heterocycles. The summed E-state index contributed by atoms with van der Waals surface area (Å²) >= 11 is 5.84. The maximum atomic E-state index is 11.7. The average Bonchev–Trinajstić information content (AvgIpc) is 2.20. The van der Waals surface area contributed by atoms with Crippen molar-refractivity contribution in [2.24, 2.45) is 0 Å². The smallest absolute Gasteiger partial charge is 0.233 e. The predicted octanol–water partition coefficient (Wildman–Crippen LogP) is 2.69. The Kier molecular flexibility index (Phi) is 2.97. The Labute approximate surface area is 99.0 Å². The van der Waals surface area contributed by atoms with E-state index in [2.05, 4.69) is 0 Å². The van der Waals surface area contributed by atoms with Crippen molar-refractivity contribution in [3.05, 3.63) is 28.8 Å². The summed E-state index contributed by atoms with van der Waals surface area (Å²) in [6, 6.07) is 5.17. The molecule has 0 aromatic heterocycles. The van der Waals surface area contributed by atoms with E-state index in [9.17, 15) is 9.59 Å². The monoisotopic (exact) mass is 237 g/mol. The minimum Gasteiger partial charge on any atom is -0.274 e. The molecule has 4 heteroatoms. The maximum Gasteiger partial charge on any atom is 0.233 e. The fourth-order valence-electron chi connectivity index (χ4n) is 1.89. The standard InChI is InChI=1S/C12H12ClNO2/c1-8-7-9(13)5-6-10(8)14-11(15)3-2-4-12(14)16/h5-7H,2-4H2,1H3. The molecule has 3 nitrogen and oxygen atoms in total. The molecule has 0 spiro atoms. The summed E-state index contributed by atoms with van der Waals surface area (Å²) < 4.78 is 0. The highest BCUT2D eigenvalue weighted by Gasteiger charge is 2.28. The predicted molar refractivity (Wildman–Crippen MR) is 62.5 cm³/mol. The number of imide groups is 1. The fraction of sp³-hybridized carbons (Fsp3) is 0.333. The lowest BCUT2D eigenvalue weighted by molar-refractivity contribution is -0.129. The van der Waals surface area contributed by atoms with Crippen molar-refractivity contribution in [3.63, 3.8) is 0 Å². The lowest BCUT2D eigenvalue weighted by Gasteiger charge is -2.26. The number of hydrogen-bond donors (Lipinski definition) is 0. The number of nitrogens with zero attached hydrogens (tertiary/aromatic N) is 1. The molecule has 0 atom stereocenters. The lowest BCUT2D eigenvalue weighted by atomic mass is 10.1. The zero-order valence-electron chi connectivity index (χ0n) is 9.00. The number of halogens is 1. The van der Waals surface area contributed by atoms with Crippen LogP contribution >= 0.6 is 11.6 Å². The van der Waals surface area contributed by atoms with Gasteiger partial charge >= 0.3 is 0 Å². The van der Waals surface area contributed by atoms with Crippen molar-refractivity contribution in [1.29, 1.82) is 0 Å². The van der Waals surface area contributed by atoms with E-state index >= 15 is 0 Å². The van der Waals surface area contributed by atoms with Crippen LogP contribution in [0.1, 0.15) is 24.8 Å². The van der Waals surface area contributed by atoms with E-state index in [1.165, 1.54) is 4.90 Å². The third-order valence-electron chi connectivity index (χ3n) is 2.68. The highest BCUT2D eigenvalue weighted by Crippen LogP contribution is 2.27. The van der Waals surface area contributed by atoms with E-state index in [1.54, 1.807) is 18.2 Å². The van der Waals surface area contributed by atoms with Gasteiger partial charge in [0.15, 0.2) is 0 Å². The summed E-state index contributed by atoms with van der Waals surface area (Å²) in [5.41, 5.74) is 1.50. The normalized spacial score (nSPS) is 16.8. The first-order chi connectivity index (χ1) is 7.59. The van der Waals surface area contributed by atoms with Crippen molar-refractivity contribution in [1.82, 2.24) is 0 Å². The van der Waals surface area contributed by atoms with Gasteiger partial charge in [0.05, 0.1) is 5.69 Å². The van der Waals surface area contributed by atoms with Crippen LogP contribution in [0.2, 0.25) is 5.02 Å². The number of carbonyl (C=O) groups is 2. The number of benzene rings is 1. The van der Waals surface area contributed by atoms with Crippen LogP contribution < -0.4 is 4.90 Å². The van der Waals surface area contributed by atoms with Crippen LogP contribution in [-0.2, 0) is 9.59 Å². The van der Waals surface area contributed by atoms with Gasteiger partial charge in [-0.1, -0.05) is 11.6 Å². The Balaban J connectivity index is 2.42. The molecule has 0 saturated carbocycles. The maximum absolute atomic E-state index is 11.7. The van der Waals surface area contributed by atoms with Gasteiger partial charge in [-0.05, 0) is 37.1 Å². The number of carbonyl (C=O) groups excluding carboxylic acids is 2. The molecule has 1 aliphatic rings. The van der Waals surface area contributed by atoms with Crippen LogP contribution in [-0.4, -0.2) is 11.8 Å². The molecule has 1 fully saturated rings. The molecule has 2 rings (SSSR count). The molecule has 2 amide bonds. The van der Waals surface area contributed by atoms with Gasteiger partial charge in [-0.15, -0.1) is 0 Å². The van der Waals surface area contributed by atoms with Crippen molar-refractivity contribution in [2.75, 3.05) is 4.90 Å². The zero-order chi connectivity index (χ0) is 11.7. The Bertz CT molecular complexity index is 440. The van der Waals surface area contributed by atoms with E-state index in [0.717, 1.165) is 5.56 Å². The van der Waals surface area contributed by atoms with Crippen LogP contribution in [0, 0.1) is 6.92 Å². The topological polar surface area (TPSA) is 37.4 Å². The van der Waals surface area contributed by atoms with Crippen molar-refractivity contribution < 1.29 is 9.59 Å². The van der Waals surface area contributed by atoms with E-state index in [-0.39, 0.29) is 11.8 Å². The molecule has 1 aromatic carbocycles. The van der Waals surface area contributed by atoms with Gasteiger partial charge < -0.3 is 0 Å². The summed E-state index contributed by atoms with van der Waals surface area (Å²) in [5, 5.41) is 0.609. The number of amides is 2. The van der Waals surface area contributed by atoms with Gasteiger partial charge in [-0.25, -0.2) is 0 Å². The molecule has 0 unspecified atom stereocenters. The van der Waals surface area contributed by atoms with Crippen molar-refractivity contribution in [3.8, 4) is 0 Å². The molecule has 0 aliphatic carbocycles. The van der Waals surface area contributed by atoms with Crippen LogP contribution in [0.4, 0.5) is 5.69 Å². The molecule has 0 N–H and O–H groups in total. The number of aryl methyl sites for hydroxylation is 1. The minimum atomic E-state index is -0.123. The number of hydrogen-bond acceptors (Lipinski definition) is 2. The molecular weight excluding hydrogens is 226 g/mol.